The Bertz CT molecular complexity index is 821. The summed E-state index contributed by atoms with van der Waals surface area (Å²) in [6.45, 7) is 2.97. The smallest absolute Gasteiger partial charge is 0.233 e. The van der Waals surface area contributed by atoms with Crippen LogP contribution in [0.1, 0.15) is 16.8 Å². The van der Waals surface area contributed by atoms with Gasteiger partial charge in [-0.05, 0) is 24.6 Å². The van der Waals surface area contributed by atoms with Crippen LogP contribution in [0.2, 0.25) is 5.15 Å². The van der Waals surface area contributed by atoms with E-state index in [0.717, 1.165) is 21.3 Å². The minimum Gasteiger partial charge on any atom is -0.472 e. The summed E-state index contributed by atoms with van der Waals surface area (Å²) in [7, 11) is 0. The van der Waals surface area contributed by atoms with Crippen LogP contribution < -0.4 is 4.74 Å². The van der Waals surface area contributed by atoms with Crippen molar-refractivity contribution in [3.8, 4) is 5.88 Å². The minimum atomic E-state index is 0.285. The van der Waals surface area contributed by atoms with Gasteiger partial charge in [0.2, 0.25) is 5.88 Å². The van der Waals surface area contributed by atoms with Crippen LogP contribution in [0.4, 0.5) is 0 Å². The number of rotatable bonds is 5. The molecule has 0 atom stereocenters. The van der Waals surface area contributed by atoms with Gasteiger partial charge in [0.25, 0.3) is 0 Å². The molecule has 0 bridgehead atoms. The first kappa shape index (κ1) is 16.0. The molecular formula is C16H14BrClN4O. The average molecular weight is 394 g/mol. The van der Waals surface area contributed by atoms with Crippen molar-refractivity contribution in [2.24, 2.45) is 0 Å². The third kappa shape index (κ3) is 4.09. The molecule has 0 saturated heterocycles. The van der Waals surface area contributed by atoms with Gasteiger partial charge in [0.1, 0.15) is 18.1 Å². The Labute approximate surface area is 147 Å². The van der Waals surface area contributed by atoms with Crippen LogP contribution in [-0.2, 0) is 13.2 Å². The second-order valence-electron chi connectivity index (χ2n) is 5.04. The number of halogens is 2. The Hall–Kier alpha value is -1.92. The summed E-state index contributed by atoms with van der Waals surface area (Å²) in [6.07, 6.45) is 3.05. The number of hydrogen-bond acceptors (Lipinski definition) is 4. The quantitative estimate of drug-likeness (QED) is 0.614. The molecule has 5 nitrogen and oxygen atoms in total. The lowest BCUT2D eigenvalue weighted by atomic mass is 10.2. The van der Waals surface area contributed by atoms with Gasteiger partial charge in [-0.3, -0.25) is 4.68 Å². The minimum absolute atomic E-state index is 0.285. The lowest BCUT2D eigenvalue weighted by Crippen LogP contribution is -2.04. The van der Waals surface area contributed by atoms with Gasteiger partial charge in [0.05, 0.1) is 6.54 Å². The molecule has 2 aromatic heterocycles. The summed E-state index contributed by atoms with van der Waals surface area (Å²) in [6, 6.07) is 10.0. The maximum Gasteiger partial charge on any atom is 0.233 e. The van der Waals surface area contributed by atoms with E-state index in [4.69, 9.17) is 16.3 Å². The SMILES string of the molecule is Cc1cc(OCc2cncnc2Cl)nn1Cc1cccc(Br)c1. The topological polar surface area (TPSA) is 52.8 Å². The van der Waals surface area contributed by atoms with E-state index in [-0.39, 0.29) is 6.61 Å². The van der Waals surface area contributed by atoms with E-state index < -0.39 is 0 Å². The van der Waals surface area contributed by atoms with Gasteiger partial charge in [-0.1, -0.05) is 39.7 Å². The highest BCUT2D eigenvalue weighted by atomic mass is 79.9. The molecule has 0 aliphatic rings. The zero-order valence-electron chi connectivity index (χ0n) is 12.4. The number of nitrogens with zero attached hydrogens (tertiary/aromatic N) is 4. The Kier molecular flexibility index (Phi) is 4.93. The molecule has 3 aromatic rings. The normalized spacial score (nSPS) is 10.7. The predicted molar refractivity (Wildman–Crippen MR) is 91.6 cm³/mol. The lowest BCUT2D eigenvalue weighted by molar-refractivity contribution is 0.289. The fourth-order valence-corrected chi connectivity index (χ4v) is 2.70. The van der Waals surface area contributed by atoms with Gasteiger partial charge >= 0.3 is 0 Å². The van der Waals surface area contributed by atoms with Crippen molar-refractivity contribution in [1.29, 1.82) is 0 Å². The number of aromatic nitrogens is 4. The zero-order chi connectivity index (χ0) is 16.2. The van der Waals surface area contributed by atoms with E-state index in [2.05, 4.69) is 43.1 Å². The molecule has 0 amide bonds. The Morgan fingerprint density at radius 2 is 2.17 bits per heavy atom. The molecule has 0 radical (unpaired) electrons. The number of benzene rings is 1. The van der Waals surface area contributed by atoms with Crippen LogP contribution in [0.25, 0.3) is 0 Å². The van der Waals surface area contributed by atoms with Crippen molar-refractivity contribution in [3.05, 3.63) is 69.3 Å². The van der Waals surface area contributed by atoms with Gasteiger partial charge in [-0.15, -0.1) is 5.10 Å². The molecule has 0 N–H and O–H groups in total. The second kappa shape index (κ2) is 7.10. The first-order valence-electron chi connectivity index (χ1n) is 6.98. The van der Waals surface area contributed by atoms with Crippen molar-refractivity contribution >= 4 is 27.5 Å². The van der Waals surface area contributed by atoms with Crippen molar-refractivity contribution in [2.75, 3.05) is 0 Å². The summed E-state index contributed by atoms with van der Waals surface area (Å²) in [5.41, 5.74) is 2.92. The highest BCUT2D eigenvalue weighted by Gasteiger charge is 2.08. The maximum atomic E-state index is 5.99. The predicted octanol–water partition coefficient (Wildman–Crippen LogP) is 4.02. The molecular weight excluding hydrogens is 380 g/mol. The highest BCUT2D eigenvalue weighted by Crippen LogP contribution is 2.18. The number of aryl methyl sites for hydroxylation is 1. The molecule has 1 aromatic carbocycles. The first-order valence-corrected chi connectivity index (χ1v) is 8.15. The summed E-state index contributed by atoms with van der Waals surface area (Å²) in [4.78, 5) is 7.86. The molecule has 0 aliphatic heterocycles. The molecule has 0 unspecified atom stereocenters. The molecule has 118 valence electrons. The van der Waals surface area contributed by atoms with Gasteiger partial charge in [-0.2, -0.15) is 0 Å². The Morgan fingerprint density at radius 3 is 2.96 bits per heavy atom. The van der Waals surface area contributed by atoms with Crippen LogP contribution in [0.3, 0.4) is 0 Å². The van der Waals surface area contributed by atoms with Gasteiger partial charge in [-0.25, -0.2) is 9.97 Å². The van der Waals surface area contributed by atoms with Crippen LogP contribution in [0, 0.1) is 6.92 Å². The average Bonchev–Trinajstić information content (AvgIpc) is 2.87. The Morgan fingerprint density at radius 1 is 1.30 bits per heavy atom. The van der Waals surface area contributed by atoms with Crippen LogP contribution in [-0.4, -0.2) is 19.7 Å². The van der Waals surface area contributed by atoms with E-state index in [1.165, 1.54) is 6.33 Å². The molecule has 3 rings (SSSR count). The van der Waals surface area contributed by atoms with Gasteiger partial charge in [0, 0.05) is 28.0 Å². The molecule has 2 heterocycles. The first-order chi connectivity index (χ1) is 11.1. The van der Waals surface area contributed by atoms with E-state index in [1.807, 2.05) is 29.8 Å². The zero-order valence-corrected chi connectivity index (χ0v) is 14.8. The van der Waals surface area contributed by atoms with E-state index in [9.17, 15) is 0 Å². The summed E-state index contributed by atoms with van der Waals surface area (Å²) in [5, 5.41) is 4.87. The second-order valence-corrected chi connectivity index (χ2v) is 6.31. The third-order valence-electron chi connectivity index (χ3n) is 3.29. The van der Waals surface area contributed by atoms with Gasteiger partial charge < -0.3 is 4.74 Å². The molecule has 0 fully saturated rings. The van der Waals surface area contributed by atoms with E-state index in [1.54, 1.807) is 6.20 Å². The van der Waals surface area contributed by atoms with Crippen molar-refractivity contribution in [3.63, 3.8) is 0 Å². The highest BCUT2D eigenvalue weighted by molar-refractivity contribution is 9.10. The van der Waals surface area contributed by atoms with Crippen LogP contribution in [0.15, 0.2) is 47.3 Å². The molecule has 0 spiro atoms. The van der Waals surface area contributed by atoms with Crippen molar-refractivity contribution in [1.82, 2.24) is 19.7 Å². The summed E-state index contributed by atoms with van der Waals surface area (Å²) in [5.74, 6) is 0.553. The molecule has 0 aliphatic carbocycles. The fourth-order valence-electron chi connectivity index (χ4n) is 2.11. The molecule has 0 saturated carbocycles. The van der Waals surface area contributed by atoms with Crippen LogP contribution >= 0.6 is 27.5 Å². The monoisotopic (exact) mass is 392 g/mol. The molecule has 7 heteroatoms. The largest absolute Gasteiger partial charge is 0.472 e. The summed E-state index contributed by atoms with van der Waals surface area (Å²) < 4.78 is 8.64. The third-order valence-corrected chi connectivity index (χ3v) is 4.12. The molecule has 23 heavy (non-hydrogen) atoms. The standard InChI is InChI=1S/C16H14BrClN4O/c1-11-5-15(23-9-13-7-19-10-20-16(13)18)21-22(11)8-12-3-2-4-14(17)6-12/h2-7,10H,8-9H2,1H3. The fraction of sp³-hybridized carbons (Fsp3) is 0.188. The van der Waals surface area contributed by atoms with Gasteiger partial charge in [0.15, 0.2) is 0 Å². The number of ether oxygens (including phenoxy) is 1. The van der Waals surface area contributed by atoms with Crippen molar-refractivity contribution in [2.45, 2.75) is 20.1 Å². The van der Waals surface area contributed by atoms with Crippen molar-refractivity contribution < 1.29 is 4.74 Å². The maximum absolute atomic E-state index is 5.99. The number of hydrogen-bond donors (Lipinski definition) is 0. The Balaban J connectivity index is 1.70. The summed E-state index contributed by atoms with van der Waals surface area (Å²) >= 11 is 9.47. The lowest BCUT2D eigenvalue weighted by Gasteiger charge is -2.05. The van der Waals surface area contributed by atoms with E-state index in [0.29, 0.717) is 17.6 Å². The van der Waals surface area contributed by atoms with Crippen LogP contribution in [0.5, 0.6) is 5.88 Å². The van der Waals surface area contributed by atoms with E-state index >= 15 is 0 Å².